The predicted octanol–water partition coefficient (Wildman–Crippen LogP) is 2.02. The largest absolute Gasteiger partial charge is 0.445 e. The molecule has 7 heteroatoms. The molecule has 1 saturated heterocycles. The van der Waals surface area contributed by atoms with E-state index in [4.69, 9.17) is 16.3 Å². The minimum atomic E-state index is -0.910. The number of likely N-dealkylation sites (tertiary alicyclic amines) is 1. The molecule has 1 aromatic carbocycles. The molecule has 0 radical (unpaired) electrons. The van der Waals surface area contributed by atoms with E-state index in [9.17, 15) is 14.4 Å². The van der Waals surface area contributed by atoms with Crippen LogP contribution in [0.25, 0.3) is 0 Å². The molecular formula is C15H17ClN2O4. The quantitative estimate of drug-likeness (QED) is 0.664. The van der Waals surface area contributed by atoms with Gasteiger partial charge in [0.15, 0.2) is 0 Å². The van der Waals surface area contributed by atoms with Gasteiger partial charge in [-0.25, -0.2) is 4.79 Å². The molecule has 2 atom stereocenters. The van der Waals surface area contributed by atoms with Crippen LogP contribution in [0, 0.1) is 0 Å². The molecule has 1 heterocycles. The van der Waals surface area contributed by atoms with Crippen LogP contribution in [0.4, 0.5) is 4.79 Å². The molecule has 1 fully saturated rings. The number of rotatable bonds is 5. The molecular weight excluding hydrogens is 308 g/mol. The van der Waals surface area contributed by atoms with E-state index in [0.717, 1.165) is 10.5 Å². The third-order valence-corrected chi connectivity index (χ3v) is 3.52. The van der Waals surface area contributed by atoms with E-state index in [1.807, 2.05) is 30.3 Å². The molecule has 118 valence electrons. The second-order valence-corrected chi connectivity index (χ2v) is 5.67. The van der Waals surface area contributed by atoms with Gasteiger partial charge in [-0.1, -0.05) is 30.3 Å². The molecule has 1 aliphatic heterocycles. The number of alkyl carbamates (subject to hydrolysis) is 1. The maximum atomic E-state index is 11.9. The molecule has 1 aliphatic rings. The minimum Gasteiger partial charge on any atom is -0.445 e. The second-order valence-electron chi connectivity index (χ2n) is 4.99. The summed E-state index contributed by atoms with van der Waals surface area (Å²) in [5, 5.41) is 1.85. The lowest BCUT2D eigenvalue weighted by Crippen LogP contribution is -2.54. The smallest absolute Gasteiger partial charge is 0.409 e. The molecule has 3 amide bonds. The molecule has 0 unspecified atom stereocenters. The van der Waals surface area contributed by atoms with E-state index in [-0.39, 0.29) is 31.3 Å². The highest BCUT2D eigenvalue weighted by Gasteiger charge is 2.38. The third kappa shape index (κ3) is 3.98. The number of amides is 3. The number of hydrogen-bond donors (Lipinski definition) is 1. The lowest BCUT2D eigenvalue weighted by Gasteiger charge is -2.28. The summed E-state index contributed by atoms with van der Waals surface area (Å²) in [6.07, 6.45) is -1.36. The highest BCUT2D eigenvalue weighted by molar-refractivity contribution is 6.21. The van der Waals surface area contributed by atoms with Crippen LogP contribution in [0.3, 0.4) is 0 Å². The number of imide groups is 1. The SMILES string of the molecule is C[C@@H](Cl)[C@@H](NC(=O)OCc1ccccc1)N1C(=O)CCC1=O. The first-order chi connectivity index (χ1) is 10.5. The summed E-state index contributed by atoms with van der Waals surface area (Å²) in [4.78, 5) is 36.4. The maximum Gasteiger partial charge on any atom is 0.409 e. The number of nitrogens with one attached hydrogen (secondary N) is 1. The van der Waals surface area contributed by atoms with Crippen molar-refractivity contribution in [1.82, 2.24) is 10.2 Å². The van der Waals surface area contributed by atoms with Gasteiger partial charge in [0.2, 0.25) is 11.8 Å². The fraction of sp³-hybridized carbons (Fsp3) is 0.400. The van der Waals surface area contributed by atoms with Gasteiger partial charge in [-0.3, -0.25) is 19.8 Å². The van der Waals surface area contributed by atoms with Gasteiger partial charge in [0.1, 0.15) is 12.8 Å². The average Bonchev–Trinajstić information content (AvgIpc) is 2.83. The van der Waals surface area contributed by atoms with Crippen LogP contribution >= 0.6 is 11.6 Å². The number of hydrogen-bond acceptors (Lipinski definition) is 4. The van der Waals surface area contributed by atoms with Gasteiger partial charge in [0.25, 0.3) is 0 Å². The first-order valence-corrected chi connectivity index (χ1v) is 7.39. The molecule has 22 heavy (non-hydrogen) atoms. The van der Waals surface area contributed by atoms with Crippen molar-refractivity contribution in [1.29, 1.82) is 0 Å². The van der Waals surface area contributed by atoms with Crippen molar-refractivity contribution in [3.05, 3.63) is 35.9 Å². The second kappa shape index (κ2) is 7.26. The van der Waals surface area contributed by atoms with Gasteiger partial charge in [-0.05, 0) is 12.5 Å². The third-order valence-electron chi connectivity index (χ3n) is 3.28. The lowest BCUT2D eigenvalue weighted by atomic mass is 10.2. The Labute approximate surface area is 133 Å². The first-order valence-electron chi connectivity index (χ1n) is 6.95. The van der Waals surface area contributed by atoms with Gasteiger partial charge < -0.3 is 4.74 Å². The van der Waals surface area contributed by atoms with E-state index in [0.29, 0.717) is 0 Å². The van der Waals surface area contributed by atoms with Crippen molar-refractivity contribution in [3.8, 4) is 0 Å². The van der Waals surface area contributed by atoms with E-state index in [1.54, 1.807) is 6.92 Å². The Morgan fingerprint density at radius 3 is 2.41 bits per heavy atom. The van der Waals surface area contributed by atoms with Crippen molar-refractivity contribution >= 4 is 29.5 Å². The zero-order chi connectivity index (χ0) is 16.1. The molecule has 1 N–H and O–H groups in total. The first kappa shape index (κ1) is 16.3. The molecule has 0 saturated carbocycles. The van der Waals surface area contributed by atoms with Crippen LogP contribution in [0.15, 0.2) is 30.3 Å². The van der Waals surface area contributed by atoms with Gasteiger partial charge in [-0.15, -0.1) is 11.6 Å². The predicted molar refractivity (Wildman–Crippen MR) is 80.0 cm³/mol. The van der Waals surface area contributed by atoms with Crippen molar-refractivity contribution in [2.24, 2.45) is 0 Å². The van der Waals surface area contributed by atoms with Gasteiger partial charge in [-0.2, -0.15) is 0 Å². The van der Waals surface area contributed by atoms with Crippen LogP contribution in [0.5, 0.6) is 0 Å². The van der Waals surface area contributed by atoms with Crippen LogP contribution in [0.2, 0.25) is 0 Å². The van der Waals surface area contributed by atoms with E-state index < -0.39 is 17.6 Å². The van der Waals surface area contributed by atoms with Crippen molar-refractivity contribution in [3.63, 3.8) is 0 Å². The standard InChI is InChI=1S/C15H17ClN2O4/c1-10(16)14(18-12(19)7-8-13(18)20)17-15(21)22-9-11-5-3-2-4-6-11/h2-6,10,14H,7-9H2,1H3,(H,17,21)/t10-,14+/m1/s1. The van der Waals surface area contributed by atoms with E-state index in [2.05, 4.69) is 5.32 Å². The Morgan fingerprint density at radius 1 is 1.27 bits per heavy atom. The highest BCUT2D eigenvalue weighted by atomic mass is 35.5. The summed E-state index contributed by atoms with van der Waals surface area (Å²) >= 11 is 6.00. The monoisotopic (exact) mass is 324 g/mol. The van der Waals surface area contributed by atoms with Crippen LogP contribution in [-0.4, -0.2) is 34.4 Å². The zero-order valence-corrected chi connectivity index (χ0v) is 12.9. The van der Waals surface area contributed by atoms with E-state index in [1.165, 1.54) is 0 Å². The topological polar surface area (TPSA) is 75.7 Å². The normalized spacial score (nSPS) is 17.3. The Kier molecular flexibility index (Phi) is 5.38. The Morgan fingerprint density at radius 2 is 1.86 bits per heavy atom. The van der Waals surface area contributed by atoms with Gasteiger partial charge in [0.05, 0.1) is 5.38 Å². The summed E-state index contributed by atoms with van der Waals surface area (Å²) < 4.78 is 5.08. The van der Waals surface area contributed by atoms with Crippen LogP contribution < -0.4 is 5.32 Å². The molecule has 0 spiro atoms. The summed E-state index contributed by atoms with van der Waals surface area (Å²) in [7, 11) is 0. The zero-order valence-electron chi connectivity index (χ0n) is 12.1. The number of benzene rings is 1. The molecule has 1 aromatic rings. The minimum absolute atomic E-state index is 0.0952. The maximum absolute atomic E-state index is 11.9. The van der Waals surface area contributed by atoms with Crippen molar-refractivity contribution in [2.45, 2.75) is 37.9 Å². The van der Waals surface area contributed by atoms with Crippen molar-refractivity contribution in [2.75, 3.05) is 0 Å². The number of halogens is 1. The molecule has 2 rings (SSSR count). The van der Waals surface area contributed by atoms with Crippen molar-refractivity contribution < 1.29 is 19.1 Å². The lowest BCUT2D eigenvalue weighted by molar-refractivity contribution is -0.141. The van der Waals surface area contributed by atoms with E-state index >= 15 is 0 Å². The summed E-state index contributed by atoms with van der Waals surface area (Å²) in [5.74, 6) is -0.684. The Hall–Kier alpha value is -2.08. The van der Waals surface area contributed by atoms with Gasteiger partial charge in [0, 0.05) is 12.8 Å². The Bertz CT molecular complexity index is 546. The number of alkyl halides is 1. The summed E-state index contributed by atoms with van der Waals surface area (Å²) in [5.41, 5.74) is 0.835. The number of nitrogens with zero attached hydrogens (tertiary/aromatic N) is 1. The Balaban J connectivity index is 1.94. The summed E-state index contributed by atoms with van der Waals surface area (Å²) in [6, 6.07) is 9.17. The highest BCUT2D eigenvalue weighted by Crippen LogP contribution is 2.18. The average molecular weight is 325 g/mol. The van der Waals surface area contributed by atoms with Crippen LogP contribution in [0.1, 0.15) is 25.3 Å². The number of ether oxygens (including phenoxy) is 1. The molecule has 0 aromatic heterocycles. The van der Waals surface area contributed by atoms with Gasteiger partial charge >= 0.3 is 6.09 Å². The number of carbonyl (C=O) groups is 3. The number of carbonyl (C=O) groups excluding carboxylic acids is 3. The summed E-state index contributed by atoms with van der Waals surface area (Å²) in [6.45, 7) is 1.69. The van der Waals surface area contributed by atoms with Crippen LogP contribution in [-0.2, 0) is 20.9 Å². The fourth-order valence-electron chi connectivity index (χ4n) is 2.17. The molecule has 6 nitrogen and oxygen atoms in total. The molecule has 0 bridgehead atoms. The fourth-order valence-corrected chi connectivity index (χ4v) is 2.35. The molecule has 0 aliphatic carbocycles.